The molecule has 0 fully saturated rings. The Kier molecular flexibility index (Phi) is 3.24. The molecule has 3 rings (SSSR count). The molecule has 2 aromatic heterocycles. The second-order valence-corrected chi connectivity index (χ2v) is 4.96. The lowest BCUT2D eigenvalue weighted by Gasteiger charge is -2.04. The van der Waals surface area contributed by atoms with E-state index < -0.39 is 0 Å². The maximum Gasteiger partial charge on any atom is 0.0837 e. The fourth-order valence-corrected chi connectivity index (χ4v) is 2.78. The number of benzene rings is 1. The minimum Gasteiger partial charge on any atom is -0.260 e. The Labute approximate surface area is 110 Å². The van der Waals surface area contributed by atoms with Crippen LogP contribution in [0.4, 0.5) is 0 Å². The molecule has 3 aromatic rings. The molecule has 0 aliphatic carbocycles. The van der Waals surface area contributed by atoms with Crippen molar-refractivity contribution in [2.24, 2.45) is 0 Å². The summed E-state index contributed by atoms with van der Waals surface area (Å²) in [5.74, 6) is 0.872. The van der Waals surface area contributed by atoms with Crippen molar-refractivity contribution >= 4 is 22.7 Å². The van der Waals surface area contributed by atoms with Gasteiger partial charge in [0.15, 0.2) is 0 Å². The highest BCUT2D eigenvalue weighted by Crippen LogP contribution is 2.28. The van der Waals surface area contributed by atoms with Crippen LogP contribution in [0.2, 0.25) is 0 Å². The van der Waals surface area contributed by atoms with Crippen molar-refractivity contribution in [3.05, 3.63) is 66.6 Å². The summed E-state index contributed by atoms with van der Waals surface area (Å²) in [7, 11) is 0. The van der Waals surface area contributed by atoms with Crippen molar-refractivity contribution in [1.82, 2.24) is 9.97 Å². The highest BCUT2D eigenvalue weighted by molar-refractivity contribution is 7.98. The molecule has 0 amide bonds. The summed E-state index contributed by atoms with van der Waals surface area (Å²) in [6, 6.07) is 16.3. The van der Waals surface area contributed by atoms with Gasteiger partial charge in [0.2, 0.25) is 0 Å². The van der Waals surface area contributed by atoms with Gasteiger partial charge in [0, 0.05) is 28.4 Å². The third-order valence-corrected chi connectivity index (χ3v) is 3.78. The van der Waals surface area contributed by atoms with Gasteiger partial charge in [-0.1, -0.05) is 24.3 Å². The van der Waals surface area contributed by atoms with Crippen LogP contribution in [0, 0.1) is 0 Å². The average molecular weight is 252 g/mol. The maximum atomic E-state index is 4.45. The van der Waals surface area contributed by atoms with Gasteiger partial charge >= 0.3 is 0 Å². The van der Waals surface area contributed by atoms with Gasteiger partial charge in [-0.15, -0.1) is 11.8 Å². The summed E-state index contributed by atoms with van der Waals surface area (Å²) in [6.45, 7) is 0. The Bertz CT molecular complexity index is 647. The quantitative estimate of drug-likeness (QED) is 0.661. The fraction of sp³-hybridized carbons (Fsp3) is 0.0667. The first-order chi connectivity index (χ1) is 8.93. The minimum atomic E-state index is 0.872. The summed E-state index contributed by atoms with van der Waals surface area (Å²) >= 11 is 1.78. The first-order valence-corrected chi connectivity index (χ1v) is 6.78. The van der Waals surface area contributed by atoms with Crippen LogP contribution >= 0.6 is 11.8 Å². The number of para-hydroxylation sites is 1. The van der Waals surface area contributed by atoms with Gasteiger partial charge < -0.3 is 0 Å². The molecule has 2 nitrogen and oxygen atoms in total. The molecular weight excluding hydrogens is 240 g/mol. The lowest BCUT2D eigenvalue weighted by Crippen LogP contribution is -1.86. The Balaban J connectivity index is 1.87. The number of hydrogen-bond acceptors (Lipinski definition) is 3. The van der Waals surface area contributed by atoms with Crippen molar-refractivity contribution in [3.63, 3.8) is 0 Å². The van der Waals surface area contributed by atoms with E-state index in [0.717, 1.165) is 17.0 Å². The highest BCUT2D eigenvalue weighted by atomic mass is 32.2. The van der Waals surface area contributed by atoms with E-state index in [1.807, 2.05) is 36.7 Å². The Hall–Kier alpha value is -1.87. The fourth-order valence-electron chi connectivity index (χ4n) is 1.83. The molecule has 18 heavy (non-hydrogen) atoms. The summed E-state index contributed by atoms with van der Waals surface area (Å²) < 4.78 is 0. The van der Waals surface area contributed by atoms with Crippen LogP contribution in [-0.2, 0) is 5.75 Å². The van der Waals surface area contributed by atoms with Crippen LogP contribution in [0.5, 0.6) is 0 Å². The number of fused-ring (bicyclic) bond motifs is 1. The molecule has 0 radical (unpaired) electrons. The van der Waals surface area contributed by atoms with E-state index >= 15 is 0 Å². The topological polar surface area (TPSA) is 25.8 Å². The molecule has 0 saturated heterocycles. The molecule has 0 aliphatic heterocycles. The number of thioether (sulfide) groups is 1. The van der Waals surface area contributed by atoms with Gasteiger partial charge in [-0.2, -0.15) is 0 Å². The smallest absolute Gasteiger partial charge is 0.0837 e. The van der Waals surface area contributed by atoms with Gasteiger partial charge in [0.25, 0.3) is 0 Å². The van der Waals surface area contributed by atoms with Crippen molar-refractivity contribution in [3.8, 4) is 0 Å². The number of hydrogen-bond donors (Lipinski definition) is 0. The monoisotopic (exact) mass is 252 g/mol. The first kappa shape index (κ1) is 11.2. The molecule has 0 N–H and O–H groups in total. The molecule has 1 aromatic carbocycles. The van der Waals surface area contributed by atoms with E-state index in [1.165, 1.54) is 10.3 Å². The van der Waals surface area contributed by atoms with Gasteiger partial charge in [-0.25, -0.2) is 0 Å². The molecule has 2 heterocycles. The third-order valence-electron chi connectivity index (χ3n) is 2.70. The Morgan fingerprint density at radius 3 is 2.61 bits per heavy atom. The molecule has 0 aliphatic rings. The first-order valence-electron chi connectivity index (χ1n) is 5.80. The second kappa shape index (κ2) is 5.19. The number of nitrogens with zero attached hydrogens (tertiary/aromatic N) is 2. The van der Waals surface area contributed by atoms with Crippen LogP contribution in [0.15, 0.2) is 65.8 Å². The summed E-state index contributed by atoms with van der Waals surface area (Å²) in [6.07, 6.45) is 3.67. The zero-order chi connectivity index (χ0) is 12.2. The van der Waals surface area contributed by atoms with Crippen LogP contribution in [0.25, 0.3) is 10.9 Å². The molecule has 0 unspecified atom stereocenters. The van der Waals surface area contributed by atoms with Crippen LogP contribution in [-0.4, -0.2) is 9.97 Å². The van der Waals surface area contributed by atoms with Crippen LogP contribution in [0.3, 0.4) is 0 Å². The van der Waals surface area contributed by atoms with Crippen LogP contribution < -0.4 is 0 Å². The van der Waals surface area contributed by atoms with Crippen molar-refractivity contribution in [2.45, 2.75) is 10.6 Å². The second-order valence-electron chi connectivity index (χ2n) is 3.94. The lowest BCUT2D eigenvalue weighted by molar-refractivity contribution is 1.17. The predicted octanol–water partition coefficient (Wildman–Crippen LogP) is 3.92. The van der Waals surface area contributed by atoms with E-state index in [4.69, 9.17) is 0 Å². The standard InChI is InChI=1S/C15H12N2S/c1-2-9-16-13(7-1)11-18-14-8-3-5-12-6-4-10-17-15(12)14/h1-10H,11H2. The predicted molar refractivity (Wildman–Crippen MR) is 75.5 cm³/mol. The van der Waals surface area contributed by atoms with E-state index in [-0.39, 0.29) is 0 Å². The van der Waals surface area contributed by atoms with E-state index in [9.17, 15) is 0 Å². The van der Waals surface area contributed by atoms with Crippen molar-refractivity contribution in [2.75, 3.05) is 0 Å². The highest BCUT2D eigenvalue weighted by Gasteiger charge is 2.03. The molecule has 0 atom stereocenters. The van der Waals surface area contributed by atoms with Gasteiger partial charge in [-0.3, -0.25) is 9.97 Å². The van der Waals surface area contributed by atoms with Gasteiger partial charge in [0.05, 0.1) is 11.2 Å². The largest absolute Gasteiger partial charge is 0.260 e. The summed E-state index contributed by atoms with van der Waals surface area (Å²) in [4.78, 5) is 9.99. The summed E-state index contributed by atoms with van der Waals surface area (Å²) in [5, 5.41) is 1.18. The van der Waals surface area contributed by atoms with E-state index in [0.29, 0.717) is 0 Å². The third kappa shape index (κ3) is 2.36. The minimum absolute atomic E-state index is 0.872. The summed E-state index contributed by atoms with van der Waals surface area (Å²) in [5.41, 5.74) is 2.16. The Morgan fingerprint density at radius 2 is 1.72 bits per heavy atom. The van der Waals surface area contributed by atoms with Crippen molar-refractivity contribution < 1.29 is 0 Å². The lowest BCUT2D eigenvalue weighted by atomic mass is 10.2. The SMILES string of the molecule is c1ccc(CSc2cccc3cccnc23)nc1. The normalized spacial score (nSPS) is 10.7. The molecule has 0 saturated carbocycles. The zero-order valence-electron chi connectivity index (χ0n) is 9.78. The molecule has 0 bridgehead atoms. The molecule has 0 spiro atoms. The molecule has 88 valence electrons. The van der Waals surface area contributed by atoms with Crippen LogP contribution in [0.1, 0.15) is 5.69 Å². The molecule has 3 heteroatoms. The number of pyridine rings is 2. The average Bonchev–Trinajstić information content (AvgIpc) is 2.46. The zero-order valence-corrected chi connectivity index (χ0v) is 10.6. The number of rotatable bonds is 3. The number of aromatic nitrogens is 2. The van der Waals surface area contributed by atoms with E-state index in [1.54, 1.807) is 11.8 Å². The van der Waals surface area contributed by atoms with E-state index in [2.05, 4.69) is 34.2 Å². The van der Waals surface area contributed by atoms with Gasteiger partial charge in [-0.05, 0) is 24.3 Å². The molecular formula is C15H12N2S. The Morgan fingerprint density at radius 1 is 0.833 bits per heavy atom. The van der Waals surface area contributed by atoms with Crippen molar-refractivity contribution in [1.29, 1.82) is 0 Å². The van der Waals surface area contributed by atoms with Gasteiger partial charge in [0.1, 0.15) is 0 Å². The maximum absolute atomic E-state index is 4.45.